The van der Waals surface area contributed by atoms with Crippen molar-refractivity contribution < 1.29 is 9.53 Å². The van der Waals surface area contributed by atoms with Crippen LogP contribution in [0.2, 0.25) is 0 Å². The molecule has 3 rings (SSSR count). The molecule has 0 spiro atoms. The minimum Gasteiger partial charge on any atom is -0.484 e. The lowest BCUT2D eigenvalue weighted by atomic mass is 10.1. The van der Waals surface area contributed by atoms with E-state index in [2.05, 4.69) is 10.6 Å². The molecule has 0 fully saturated rings. The molecular weight excluding hydrogens is 332 g/mol. The standard InChI is InChI=1S/C20H18N2O2S/c23-19(22-20(25)21-13-15-6-2-1-3-7-15)14-24-18-11-10-16-8-4-5-9-17(16)12-18/h1-12H,13-14H2,(H2,21,22,23,25). The lowest BCUT2D eigenvalue weighted by molar-refractivity contribution is -0.121. The molecule has 0 aliphatic rings. The first-order chi connectivity index (χ1) is 12.2. The fourth-order valence-corrected chi connectivity index (χ4v) is 2.58. The van der Waals surface area contributed by atoms with Gasteiger partial charge in [0.1, 0.15) is 5.75 Å². The van der Waals surface area contributed by atoms with E-state index >= 15 is 0 Å². The van der Waals surface area contributed by atoms with Crippen LogP contribution in [-0.4, -0.2) is 17.6 Å². The van der Waals surface area contributed by atoms with E-state index in [1.165, 1.54) is 0 Å². The van der Waals surface area contributed by atoms with Crippen LogP contribution in [0.25, 0.3) is 10.8 Å². The number of rotatable bonds is 5. The van der Waals surface area contributed by atoms with E-state index < -0.39 is 0 Å². The molecule has 5 heteroatoms. The zero-order valence-corrected chi connectivity index (χ0v) is 14.4. The van der Waals surface area contributed by atoms with Crippen LogP contribution in [0.4, 0.5) is 0 Å². The number of nitrogens with one attached hydrogen (secondary N) is 2. The van der Waals surface area contributed by atoms with Crippen molar-refractivity contribution in [2.75, 3.05) is 6.61 Å². The summed E-state index contributed by atoms with van der Waals surface area (Å²) in [4.78, 5) is 11.9. The Balaban J connectivity index is 1.46. The zero-order chi connectivity index (χ0) is 17.5. The van der Waals surface area contributed by atoms with E-state index in [1.807, 2.05) is 72.8 Å². The lowest BCUT2D eigenvalue weighted by Gasteiger charge is -2.11. The maximum atomic E-state index is 11.9. The number of hydrogen-bond donors (Lipinski definition) is 2. The van der Waals surface area contributed by atoms with Crippen LogP contribution in [0.5, 0.6) is 5.75 Å². The van der Waals surface area contributed by atoms with Crippen LogP contribution < -0.4 is 15.4 Å². The van der Waals surface area contributed by atoms with E-state index in [-0.39, 0.29) is 17.6 Å². The predicted molar refractivity (Wildman–Crippen MR) is 103 cm³/mol. The van der Waals surface area contributed by atoms with E-state index in [4.69, 9.17) is 17.0 Å². The van der Waals surface area contributed by atoms with E-state index in [9.17, 15) is 4.79 Å². The van der Waals surface area contributed by atoms with Crippen molar-refractivity contribution >= 4 is 34.0 Å². The first-order valence-electron chi connectivity index (χ1n) is 7.94. The number of carbonyl (C=O) groups is 1. The van der Waals surface area contributed by atoms with Crippen LogP contribution >= 0.6 is 12.2 Å². The summed E-state index contributed by atoms with van der Waals surface area (Å²) < 4.78 is 5.54. The molecular formula is C20H18N2O2S. The first kappa shape index (κ1) is 16.9. The number of fused-ring (bicyclic) bond motifs is 1. The van der Waals surface area contributed by atoms with Crippen LogP contribution in [0, 0.1) is 0 Å². The summed E-state index contributed by atoms with van der Waals surface area (Å²) in [6, 6.07) is 23.5. The fraction of sp³-hybridized carbons (Fsp3) is 0.100. The predicted octanol–water partition coefficient (Wildman–Crippen LogP) is 3.41. The van der Waals surface area contributed by atoms with Gasteiger partial charge in [0.05, 0.1) is 0 Å². The van der Waals surface area contributed by atoms with Crippen molar-refractivity contribution in [1.82, 2.24) is 10.6 Å². The molecule has 3 aromatic rings. The summed E-state index contributed by atoms with van der Waals surface area (Å²) >= 11 is 5.12. The Bertz CT molecular complexity index is 881. The molecule has 1 amide bonds. The average molecular weight is 350 g/mol. The van der Waals surface area contributed by atoms with Crippen molar-refractivity contribution in [3.63, 3.8) is 0 Å². The molecule has 0 aromatic heterocycles. The van der Waals surface area contributed by atoms with Gasteiger partial charge in [-0.05, 0) is 40.7 Å². The highest BCUT2D eigenvalue weighted by Crippen LogP contribution is 2.20. The summed E-state index contributed by atoms with van der Waals surface area (Å²) in [7, 11) is 0. The maximum absolute atomic E-state index is 11.9. The van der Waals surface area contributed by atoms with Gasteiger partial charge in [-0.1, -0.05) is 60.7 Å². The number of hydrogen-bond acceptors (Lipinski definition) is 3. The molecule has 0 atom stereocenters. The number of amides is 1. The van der Waals surface area contributed by atoms with Crippen molar-refractivity contribution in [3.05, 3.63) is 78.4 Å². The van der Waals surface area contributed by atoms with Gasteiger partial charge >= 0.3 is 0 Å². The third-order valence-corrected chi connectivity index (χ3v) is 3.89. The number of ether oxygens (including phenoxy) is 1. The van der Waals surface area contributed by atoms with Gasteiger partial charge in [0.15, 0.2) is 11.7 Å². The Hall–Kier alpha value is -2.92. The van der Waals surface area contributed by atoms with Gasteiger partial charge in [0.25, 0.3) is 5.91 Å². The Morgan fingerprint density at radius 2 is 1.64 bits per heavy atom. The van der Waals surface area contributed by atoms with Crippen molar-refractivity contribution in [3.8, 4) is 5.75 Å². The van der Waals surface area contributed by atoms with Crippen molar-refractivity contribution in [1.29, 1.82) is 0 Å². The first-order valence-corrected chi connectivity index (χ1v) is 8.35. The zero-order valence-electron chi connectivity index (χ0n) is 13.6. The fourth-order valence-electron chi connectivity index (χ4n) is 2.39. The summed E-state index contributed by atoms with van der Waals surface area (Å²) in [5.41, 5.74) is 1.09. The van der Waals surface area contributed by atoms with Crippen LogP contribution in [0.3, 0.4) is 0 Å². The quantitative estimate of drug-likeness (QED) is 0.693. The van der Waals surface area contributed by atoms with Crippen molar-refractivity contribution in [2.45, 2.75) is 6.54 Å². The maximum Gasteiger partial charge on any atom is 0.264 e. The normalized spacial score (nSPS) is 10.2. The van der Waals surface area contributed by atoms with Gasteiger partial charge in [-0.2, -0.15) is 0 Å². The van der Waals surface area contributed by atoms with Crippen LogP contribution in [-0.2, 0) is 11.3 Å². The molecule has 3 aromatic carbocycles. The number of benzene rings is 3. The lowest BCUT2D eigenvalue weighted by Crippen LogP contribution is -2.41. The summed E-state index contributed by atoms with van der Waals surface area (Å²) in [6.45, 7) is 0.469. The smallest absolute Gasteiger partial charge is 0.264 e. The van der Waals surface area contributed by atoms with Crippen molar-refractivity contribution in [2.24, 2.45) is 0 Å². The second-order valence-electron chi connectivity index (χ2n) is 5.51. The third kappa shape index (κ3) is 5.02. The molecule has 0 aliphatic heterocycles. The average Bonchev–Trinajstić information content (AvgIpc) is 2.65. The van der Waals surface area contributed by atoms with Gasteiger partial charge in [-0.25, -0.2) is 0 Å². The van der Waals surface area contributed by atoms with Gasteiger partial charge in [-0.15, -0.1) is 0 Å². The molecule has 25 heavy (non-hydrogen) atoms. The Kier molecular flexibility index (Phi) is 5.59. The minimum atomic E-state index is -0.293. The van der Waals surface area contributed by atoms with E-state index in [1.54, 1.807) is 0 Å². The molecule has 0 aliphatic carbocycles. The van der Waals surface area contributed by atoms with Crippen LogP contribution in [0.15, 0.2) is 72.8 Å². The van der Waals surface area contributed by atoms with Crippen LogP contribution in [0.1, 0.15) is 5.56 Å². The third-order valence-electron chi connectivity index (χ3n) is 3.64. The molecule has 0 saturated carbocycles. The molecule has 0 heterocycles. The van der Waals surface area contributed by atoms with Gasteiger partial charge < -0.3 is 15.4 Å². The molecule has 0 radical (unpaired) electrons. The summed E-state index contributed by atoms with van der Waals surface area (Å²) in [5.74, 6) is 0.357. The Labute approximate surface area is 151 Å². The number of thiocarbonyl (C=S) groups is 1. The highest BCUT2D eigenvalue weighted by atomic mass is 32.1. The molecule has 0 unspecified atom stereocenters. The summed E-state index contributed by atoms with van der Waals surface area (Å²) in [6.07, 6.45) is 0. The number of carbonyl (C=O) groups excluding carboxylic acids is 1. The largest absolute Gasteiger partial charge is 0.484 e. The highest BCUT2D eigenvalue weighted by molar-refractivity contribution is 7.80. The second kappa shape index (κ2) is 8.26. The molecule has 2 N–H and O–H groups in total. The Morgan fingerprint density at radius 3 is 2.44 bits per heavy atom. The minimum absolute atomic E-state index is 0.0918. The highest BCUT2D eigenvalue weighted by Gasteiger charge is 2.06. The molecule has 0 saturated heterocycles. The molecule has 126 valence electrons. The van der Waals surface area contributed by atoms with Gasteiger partial charge in [0, 0.05) is 6.54 Å². The van der Waals surface area contributed by atoms with Gasteiger partial charge in [0.2, 0.25) is 0 Å². The van der Waals surface area contributed by atoms with E-state index in [0.717, 1.165) is 16.3 Å². The Morgan fingerprint density at radius 1 is 0.920 bits per heavy atom. The van der Waals surface area contributed by atoms with Gasteiger partial charge in [-0.3, -0.25) is 4.79 Å². The molecule has 4 nitrogen and oxygen atoms in total. The SMILES string of the molecule is O=C(COc1ccc2ccccc2c1)NC(=S)NCc1ccccc1. The monoisotopic (exact) mass is 350 g/mol. The summed E-state index contributed by atoms with van der Waals surface area (Å²) in [5, 5.41) is 8.10. The topological polar surface area (TPSA) is 50.4 Å². The van der Waals surface area contributed by atoms with E-state index in [0.29, 0.717) is 12.3 Å². The molecule has 0 bridgehead atoms. The second-order valence-corrected chi connectivity index (χ2v) is 5.92.